The molecule has 1 fully saturated rings. The molecule has 3 aromatic rings. The van der Waals surface area contributed by atoms with Crippen LogP contribution in [0.25, 0.3) is 22.2 Å². The van der Waals surface area contributed by atoms with Gasteiger partial charge in [0.15, 0.2) is 22.5 Å². The number of nitrogens with one attached hydrogen (secondary N) is 1. The maximum absolute atomic E-state index is 14.9. The Labute approximate surface area is 173 Å². The van der Waals surface area contributed by atoms with Crippen molar-refractivity contribution in [3.63, 3.8) is 0 Å². The highest BCUT2D eigenvalue weighted by Crippen LogP contribution is 2.32. The first-order valence-corrected chi connectivity index (χ1v) is 10.8. The van der Waals surface area contributed by atoms with Gasteiger partial charge >= 0.3 is 0 Å². The second-order valence-corrected chi connectivity index (χ2v) is 7.90. The number of likely N-dealkylation sites (N-methyl/N-ethyl adjacent to an activating group) is 1. The van der Waals surface area contributed by atoms with E-state index in [-0.39, 0.29) is 5.75 Å². The molecule has 0 spiro atoms. The number of hydrogen-bond acceptors (Lipinski definition) is 7. The van der Waals surface area contributed by atoms with Crippen molar-refractivity contribution in [1.82, 2.24) is 19.9 Å². The zero-order chi connectivity index (χ0) is 20.4. The van der Waals surface area contributed by atoms with Crippen LogP contribution in [-0.2, 0) is 0 Å². The molecule has 4 rings (SSSR count). The predicted molar refractivity (Wildman–Crippen MR) is 115 cm³/mol. The number of halogens is 1. The van der Waals surface area contributed by atoms with Crippen LogP contribution in [0.4, 0.5) is 10.2 Å². The average molecular weight is 414 g/mol. The van der Waals surface area contributed by atoms with Crippen LogP contribution in [0.2, 0.25) is 0 Å². The third-order valence-corrected chi connectivity index (χ3v) is 5.92. The molecule has 152 valence electrons. The Balaban J connectivity index is 1.78. The zero-order valence-corrected chi connectivity index (χ0v) is 17.6. The molecule has 29 heavy (non-hydrogen) atoms. The fourth-order valence-electron chi connectivity index (χ4n) is 3.70. The molecular formula is C21H24FN5OS. The number of hydrogen-bond donors (Lipinski definition) is 1. The molecule has 1 aliphatic heterocycles. The van der Waals surface area contributed by atoms with Crippen molar-refractivity contribution >= 4 is 28.5 Å². The van der Waals surface area contributed by atoms with E-state index in [4.69, 9.17) is 9.72 Å². The summed E-state index contributed by atoms with van der Waals surface area (Å²) in [7, 11) is 3.60. The summed E-state index contributed by atoms with van der Waals surface area (Å²) >= 11 is 1.48. The van der Waals surface area contributed by atoms with E-state index >= 15 is 0 Å². The lowest BCUT2D eigenvalue weighted by Crippen LogP contribution is -2.31. The van der Waals surface area contributed by atoms with E-state index in [0.29, 0.717) is 28.3 Å². The number of thioether (sulfide) groups is 1. The van der Waals surface area contributed by atoms with Gasteiger partial charge in [-0.3, -0.25) is 0 Å². The standard InChI is InChI=1S/C21H24FN5OS/c1-27-9-5-6-14(27)12-23-20-19-13(11-24-21(26-19)29-3)10-16(25-20)15-7-4-8-17(28-2)18(15)22/h4,7-8,10-11,14H,5-6,9,12H2,1-3H3,(H,23,25). The van der Waals surface area contributed by atoms with Gasteiger partial charge in [0.1, 0.15) is 5.52 Å². The van der Waals surface area contributed by atoms with Crippen LogP contribution < -0.4 is 10.1 Å². The monoisotopic (exact) mass is 413 g/mol. The maximum Gasteiger partial charge on any atom is 0.187 e. The Bertz CT molecular complexity index is 1030. The molecule has 0 aliphatic carbocycles. The molecule has 3 heterocycles. The minimum absolute atomic E-state index is 0.195. The number of fused-ring (bicyclic) bond motifs is 1. The summed E-state index contributed by atoms with van der Waals surface area (Å²) in [5, 5.41) is 4.96. The molecule has 0 radical (unpaired) electrons. The van der Waals surface area contributed by atoms with E-state index in [1.807, 2.05) is 12.3 Å². The van der Waals surface area contributed by atoms with Crippen LogP contribution in [0.3, 0.4) is 0 Å². The summed E-state index contributed by atoms with van der Waals surface area (Å²) in [6.07, 6.45) is 6.06. The summed E-state index contributed by atoms with van der Waals surface area (Å²) in [6, 6.07) is 7.34. The number of nitrogens with zero attached hydrogens (tertiary/aromatic N) is 4. The number of rotatable bonds is 6. The number of aromatic nitrogens is 3. The number of likely N-dealkylation sites (tertiary alicyclic amines) is 1. The van der Waals surface area contributed by atoms with Gasteiger partial charge in [0.05, 0.1) is 12.8 Å². The topological polar surface area (TPSA) is 63.2 Å². The molecule has 0 saturated carbocycles. The molecule has 1 aromatic carbocycles. The number of ether oxygens (including phenoxy) is 1. The van der Waals surface area contributed by atoms with Gasteiger partial charge in [-0.1, -0.05) is 17.8 Å². The van der Waals surface area contributed by atoms with Gasteiger partial charge in [-0.25, -0.2) is 19.3 Å². The van der Waals surface area contributed by atoms with Crippen molar-refractivity contribution in [3.05, 3.63) is 36.3 Å². The fraction of sp³-hybridized carbons (Fsp3) is 0.381. The van der Waals surface area contributed by atoms with Crippen molar-refractivity contribution < 1.29 is 9.13 Å². The van der Waals surface area contributed by atoms with E-state index in [0.717, 1.165) is 30.4 Å². The molecule has 2 aromatic heterocycles. The second kappa shape index (κ2) is 8.51. The SMILES string of the molecule is COc1cccc(-c2cc3cnc(SC)nc3c(NCC3CCCN3C)n2)c1F. The van der Waals surface area contributed by atoms with Crippen LogP contribution >= 0.6 is 11.8 Å². The van der Waals surface area contributed by atoms with E-state index in [9.17, 15) is 4.39 Å². The average Bonchev–Trinajstić information content (AvgIpc) is 3.16. The van der Waals surface area contributed by atoms with Crippen molar-refractivity contribution in [2.75, 3.05) is 38.8 Å². The van der Waals surface area contributed by atoms with Gasteiger partial charge in [0.25, 0.3) is 0 Å². The molecule has 0 amide bonds. The summed E-state index contributed by atoms with van der Waals surface area (Å²) in [6.45, 7) is 1.87. The number of pyridine rings is 1. The van der Waals surface area contributed by atoms with Gasteiger partial charge in [0.2, 0.25) is 0 Å². The van der Waals surface area contributed by atoms with Crippen molar-refractivity contribution in [2.45, 2.75) is 24.0 Å². The summed E-state index contributed by atoms with van der Waals surface area (Å²) < 4.78 is 20.0. The maximum atomic E-state index is 14.9. The Morgan fingerprint density at radius 3 is 2.93 bits per heavy atom. The Kier molecular flexibility index (Phi) is 5.82. The summed E-state index contributed by atoms with van der Waals surface area (Å²) in [4.78, 5) is 16.1. The highest BCUT2D eigenvalue weighted by molar-refractivity contribution is 7.98. The van der Waals surface area contributed by atoms with Gasteiger partial charge in [0, 0.05) is 29.7 Å². The first kappa shape index (κ1) is 19.8. The van der Waals surface area contributed by atoms with Gasteiger partial charge in [-0.15, -0.1) is 0 Å². The number of methoxy groups -OCH3 is 1. The normalized spacial score (nSPS) is 17.0. The molecule has 1 N–H and O–H groups in total. The Morgan fingerprint density at radius 1 is 1.34 bits per heavy atom. The Hall–Kier alpha value is -2.45. The van der Waals surface area contributed by atoms with Gasteiger partial charge in [-0.05, 0) is 50.9 Å². The van der Waals surface area contributed by atoms with Crippen molar-refractivity contribution in [1.29, 1.82) is 0 Å². The lowest BCUT2D eigenvalue weighted by atomic mass is 10.1. The fourth-order valence-corrected chi connectivity index (χ4v) is 4.04. The minimum atomic E-state index is -0.426. The van der Waals surface area contributed by atoms with E-state index in [2.05, 4.69) is 27.2 Å². The second-order valence-electron chi connectivity index (χ2n) is 7.13. The molecule has 1 aliphatic rings. The third-order valence-electron chi connectivity index (χ3n) is 5.36. The largest absolute Gasteiger partial charge is 0.494 e. The number of anilines is 1. The molecule has 8 heteroatoms. The quantitative estimate of drug-likeness (QED) is 0.483. The van der Waals surface area contributed by atoms with Gasteiger partial charge < -0.3 is 15.0 Å². The molecule has 0 bridgehead atoms. The minimum Gasteiger partial charge on any atom is -0.494 e. The molecular weight excluding hydrogens is 389 g/mol. The lowest BCUT2D eigenvalue weighted by Gasteiger charge is -2.20. The van der Waals surface area contributed by atoms with E-state index in [1.54, 1.807) is 24.4 Å². The molecule has 1 unspecified atom stereocenters. The summed E-state index contributed by atoms with van der Waals surface area (Å²) in [5.41, 5.74) is 1.66. The highest BCUT2D eigenvalue weighted by atomic mass is 32.2. The lowest BCUT2D eigenvalue weighted by molar-refractivity contribution is 0.322. The van der Waals surface area contributed by atoms with E-state index < -0.39 is 5.82 Å². The zero-order valence-electron chi connectivity index (χ0n) is 16.8. The van der Waals surface area contributed by atoms with Crippen molar-refractivity contribution in [2.24, 2.45) is 0 Å². The predicted octanol–water partition coefficient (Wildman–Crippen LogP) is 4.07. The smallest absolute Gasteiger partial charge is 0.187 e. The van der Waals surface area contributed by atoms with Crippen LogP contribution in [0, 0.1) is 5.82 Å². The molecule has 6 nitrogen and oxygen atoms in total. The van der Waals surface area contributed by atoms with E-state index in [1.165, 1.54) is 25.3 Å². The number of benzene rings is 1. The van der Waals surface area contributed by atoms with Crippen LogP contribution in [0.1, 0.15) is 12.8 Å². The van der Waals surface area contributed by atoms with Crippen LogP contribution in [-0.4, -0.2) is 59.4 Å². The van der Waals surface area contributed by atoms with Crippen molar-refractivity contribution in [3.8, 4) is 17.0 Å². The highest BCUT2D eigenvalue weighted by Gasteiger charge is 2.22. The van der Waals surface area contributed by atoms with Crippen LogP contribution in [0.15, 0.2) is 35.6 Å². The molecule has 1 saturated heterocycles. The van der Waals surface area contributed by atoms with Gasteiger partial charge in [-0.2, -0.15) is 0 Å². The third kappa shape index (κ3) is 4.00. The first-order valence-electron chi connectivity index (χ1n) is 9.59. The molecule has 1 atom stereocenters. The van der Waals surface area contributed by atoms with Crippen LogP contribution in [0.5, 0.6) is 5.75 Å². The first-order chi connectivity index (χ1) is 14.1. The summed E-state index contributed by atoms with van der Waals surface area (Å²) in [5.74, 6) is 0.420. The Morgan fingerprint density at radius 2 is 2.21 bits per heavy atom.